The van der Waals surface area contributed by atoms with Crippen LogP contribution in [-0.4, -0.2) is 38.0 Å². The van der Waals surface area contributed by atoms with Crippen LogP contribution in [0, 0.1) is 0 Å². The van der Waals surface area contributed by atoms with Crippen LogP contribution >= 0.6 is 0 Å². The van der Waals surface area contributed by atoms with Gasteiger partial charge in [0.2, 0.25) is 0 Å². The van der Waals surface area contributed by atoms with E-state index in [1.165, 1.54) is 19.3 Å². The Morgan fingerprint density at radius 3 is 2.50 bits per heavy atom. The van der Waals surface area contributed by atoms with Crippen LogP contribution in [0.15, 0.2) is 52.8 Å². The molecule has 0 aliphatic carbocycles. The van der Waals surface area contributed by atoms with Gasteiger partial charge in [-0.3, -0.25) is 14.4 Å². The van der Waals surface area contributed by atoms with E-state index in [0.717, 1.165) is 0 Å². The summed E-state index contributed by atoms with van der Waals surface area (Å²) in [6.45, 7) is 1.80. The Bertz CT molecular complexity index is 825. The van der Waals surface area contributed by atoms with Crippen LogP contribution in [0.3, 0.4) is 0 Å². The van der Waals surface area contributed by atoms with E-state index >= 15 is 0 Å². The first-order chi connectivity index (χ1) is 13.5. The molecule has 0 unspecified atom stereocenters. The Hall–Kier alpha value is -3.55. The van der Waals surface area contributed by atoms with Crippen molar-refractivity contribution < 1.29 is 28.3 Å². The minimum absolute atomic E-state index is 0.0547. The van der Waals surface area contributed by atoms with E-state index in [0.29, 0.717) is 17.7 Å². The SMILES string of the molecule is COc1ccc(C=C(NC(=O)c2ccco2)C(=O)NCCCOC(C)=O)cc1. The van der Waals surface area contributed by atoms with Crippen LogP contribution in [0.25, 0.3) is 6.08 Å². The Morgan fingerprint density at radius 2 is 1.89 bits per heavy atom. The molecule has 2 rings (SSSR count). The molecule has 0 spiro atoms. The van der Waals surface area contributed by atoms with E-state index in [2.05, 4.69) is 10.6 Å². The van der Waals surface area contributed by atoms with Gasteiger partial charge in [0.1, 0.15) is 11.4 Å². The maximum atomic E-state index is 12.5. The van der Waals surface area contributed by atoms with E-state index in [9.17, 15) is 14.4 Å². The zero-order chi connectivity index (χ0) is 20.4. The minimum atomic E-state index is -0.542. The number of carbonyl (C=O) groups excluding carboxylic acids is 3. The van der Waals surface area contributed by atoms with Crippen molar-refractivity contribution in [1.29, 1.82) is 0 Å². The molecule has 0 aliphatic heterocycles. The normalized spacial score (nSPS) is 10.9. The first-order valence-electron chi connectivity index (χ1n) is 8.61. The van der Waals surface area contributed by atoms with Gasteiger partial charge in [0, 0.05) is 13.5 Å². The molecule has 0 saturated heterocycles. The molecule has 0 aliphatic rings. The number of carbonyl (C=O) groups is 3. The summed E-state index contributed by atoms with van der Waals surface area (Å²) in [6.07, 6.45) is 3.37. The second kappa shape index (κ2) is 10.6. The minimum Gasteiger partial charge on any atom is -0.497 e. The van der Waals surface area contributed by atoms with Crippen molar-refractivity contribution in [2.24, 2.45) is 0 Å². The van der Waals surface area contributed by atoms with Gasteiger partial charge in [-0.25, -0.2) is 0 Å². The van der Waals surface area contributed by atoms with Gasteiger partial charge in [-0.05, 0) is 42.3 Å². The lowest BCUT2D eigenvalue weighted by molar-refractivity contribution is -0.141. The summed E-state index contributed by atoms with van der Waals surface area (Å²) in [5.41, 5.74) is 0.754. The monoisotopic (exact) mass is 386 g/mol. The number of benzene rings is 1. The van der Waals surface area contributed by atoms with Gasteiger partial charge in [-0.2, -0.15) is 0 Å². The molecule has 2 amide bonds. The Kier molecular flexibility index (Phi) is 7.83. The lowest BCUT2D eigenvalue weighted by Gasteiger charge is -2.10. The molecular weight excluding hydrogens is 364 g/mol. The lowest BCUT2D eigenvalue weighted by atomic mass is 10.1. The van der Waals surface area contributed by atoms with Crippen LogP contribution < -0.4 is 15.4 Å². The van der Waals surface area contributed by atoms with Crippen molar-refractivity contribution in [2.45, 2.75) is 13.3 Å². The van der Waals surface area contributed by atoms with Gasteiger partial charge in [-0.15, -0.1) is 0 Å². The summed E-state index contributed by atoms with van der Waals surface area (Å²) < 4.78 is 15.0. The first-order valence-corrected chi connectivity index (χ1v) is 8.61. The van der Waals surface area contributed by atoms with E-state index in [1.807, 2.05) is 0 Å². The van der Waals surface area contributed by atoms with Crippen LogP contribution in [0.2, 0.25) is 0 Å². The maximum absolute atomic E-state index is 12.5. The van der Waals surface area contributed by atoms with Crippen molar-refractivity contribution in [2.75, 3.05) is 20.3 Å². The van der Waals surface area contributed by atoms with Crippen LogP contribution in [0.5, 0.6) is 5.75 Å². The number of rotatable bonds is 9. The van der Waals surface area contributed by atoms with E-state index in [1.54, 1.807) is 43.5 Å². The van der Waals surface area contributed by atoms with Crippen molar-refractivity contribution in [1.82, 2.24) is 10.6 Å². The molecule has 0 atom stereocenters. The molecular formula is C20H22N2O6. The predicted octanol–water partition coefficient (Wildman–Crippen LogP) is 2.13. The number of hydrogen-bond acceptors (Lipinski definition) is 6. The third-order valence-electron chi connectivity index (χ3n) is 3.58. The lowest BCUT2D eigenvalue weighted by Crippen LogP contribution is -2.35. The zero-order valence-electron chi connectivity index (χ0n) is 15.7. The molecule has 1 heterocycles. The van der Waals surface area contributed by atoms with Gasteiger partial charge in [0.25, 0.3) is 11.8 Å². The number of nitrogens with one attached hydrogen (secondary N) is 2. The number of esters is 1. The molecule has 0 bridgehead atoms. The zero-order valence-corrected chi connectivity index (χ0v) is 15.7. The quantitative estimate of drug-likeness (QED) is 0.388. The smallest absolute Gasteiger partial charge is 0.302 e. The van der Waals surface area contributed by atoms with Crippen LogP contribution in [0.4, 0.5) is 0 Å². The van der Waals surface area contributed by atoms with Crippen molar-refractivity contribution in [3.05, 3.63) is 59.7 Å². The second-order valence-electron chi connectivity index (χ2n) is 5.71. The Morgan fingerprint density at radius 1 is 1.14 bits per heavy atom. The highest BCUT2D eigenvalue weighted by molar-refractivity contribution is 6.04. The number of methoxy groups -OCH3 is 1. The summed E-state index contributed by atoms with van der Waals surface area (Å²) >= 11 is 0. The molecule has 1 aromatic carbocycles. The summed E-state index contributed by atoms with van der Waals surface area (Å²) in [7, 11) is 1.56. The summed E-state index contributed by atoms with van der Waals surface area (Å²) in [5, 5.41) is 5.24. The Labute approximate surface area is 162 Å². The first kappa shape index (κ1) is 20.8. The second-order valence-corrected chi connectivity index (χ2v) is 5.71. The Balaban J connectivity index is 2.08. The largest absolute Gasteiger partial charge is 0.497 e. The molecule has 0 radical (unpaired) electrons. The fraction of sp³-hybridized carbons (Fsp3) is 0.250. The van der Waals surface area contributed by atoms with Gasteiger partial charge in [0.15, 0.2) is 5.76 Å². The van der Waals surface area contributed by atoms with E-state index in [-0.39, 0.29) is 30.6 Å². The van der Waals surface area contributed by atoms with E-state index in [4.69, 9.17) is 13.9 Å². The fourth-order valence-electron chi connectivity index (χ4n) is 2.20. The van der Waals surface area contributed by atoms with Gasteiger partial charge in [0.05, 0.1) is 20.0 Å². The topological polar surface area (TPSA) is 107 Å². The standard InChI is InChI=1S/C20H22N2O6/c1-14(23)27-12-4-10-21-19(24)17(22-20(25)18-5-3-11-28-18)13-15-6-8-16(26-2)9-7-15/h3,5-9,11,13H,4,10,12H2,1-2H3,(H,21,24)(H,22,25). The molecule has 2 N–H and O–H groups in total. The van der Waals surface area contributed by atoms with E-state index < -0.39 is 11.8 Å². The van der Waals surface area contributed by atoms with Crippen molar-refractivity contribution in [3.8, 4) is 5.75 Å². The third kappa shape index (κ3) is 6.64. The number of hydrogen-bond donors (Lipinski definition) is 2. The average molecular weight is 386 g/mol. The number of furan rings is 1. The average Bonchev–Trinajstić information content (AvgIpc) is 3.22. The molecule has 1 aromatic heterocycles. The van der Waals surface area contributed by atoms with Crippen LogP contribution in [0.1, 0.15) is 29.5 Å². The van der Waals surface area contributed by atoms with Crippen molar-refractivity contribution >= 4 is 23.9 Å². The van der Waals surface area contributed by atoms with Gasteiger partial charge < -0.3 is 24.5 Å². The highest BCUT2D eigenvalue weighted by Crippen LogP contribution is 2.14. The molecule has 8 heteroatoms. The molecule has 28 heavy (non-hydrogen) atoms. The molecule has 0 fully saturated rings. The molecule has 2 aromatic rings. The van der Waals surface area contributed by atoms with Gasteiger partial charge >= 0.3 is 5.97 Å². The highest BCUT2D eigenvalue weighted by Gasteiger charge is 2.16. The number of ether oxygens (including phenoxy) is 2. The third-order valence-corrected chi connectivity index (χ3v) is 3.58. The van der Waals surface area contributed by atoms with Crippen molar-refractivity contribution in [3.63, 3.8) is 0 Å². The molecule has 148 valence electrons. The van der Waals surface area contributed by atoms with Gasteiger partial charge in [-0.1, -0.05) is 12.1 Å². The molecule has 0 saturated carbocycles. The predicted molar refractivity (Wildman–Crippen MR) is 101 cm³/mol. The summed E-state index contributed by atoms with van der Waals surface area (Å²) in [4.78, 5) is 35.5. The summed E-state index contributed by atoms with van der Waals surface area (Å²) in [6, 6.07) is 10.1. The number of amides is 2. The molecule has 8 nitrogen and oxygen atoms in total. The maximum Gasteiger partial charge on any atom is 0.302 e. The fourth-order valence-corrected chi connectivity index (χ4v) is 2.20. The highest BCUT2D eigenvalue weighted by atomic mass is 16.5. The van der Waals surface area contributed by atoms with Crippen LogP contribution in [-0.2, 0) is 14.3 Å². The summed E-state index contributed by atoms with van der Waals surface area (Å²) in [5.74, 6) is -0.632.